The number of hydrogen-bond donors (Lipinski definition) is 2. The minimum Gasteiger partial charge on any atom is -0.330 e. The largest absolute Gasteiger partial charge is 0.330 e. The van der Waals surface area contributed by atoms with Crippen LogP contribution in [0.3, 0.4) is 0 Å². The van der Waals surface area contributed by atoms with Crippen LogP contribution in [0.5, 0.6) is 0 Å². The van der Waals surface area contributed by atoms with Gasteiger partial charge in [0.25, 0.3) is 0 Å². The first-order valence-corrected chi connectivity index (χ1v) is 4.35. The summed E-state index contributed by atoms with van der Waals surface area (Å²) < 4.78 is 0. The molecule has 0 fully saturated rings. The van der Waals surface area contributed by atoms with Crippen LogP contribution in [0.25, 0.3) is 0 Å². The van der Waals surface area contributed by atoms with Gasteiger partial charge in [-0.25, -0.2) is 0 Å². The molecule has 0 bridgehead atoms. The Balaban J connectivity index is 2.68. The van der Waals surface area contributed by atoms with E-state index in [0.717, 1.165) is 19.4 Å². The molecule has 12 heavy (non-hydrogen) atoms. The Labute approximate surface area is 73.6 Å². The molecule has 1 aromatic rings. The van der Waals surface area contributed by atoms with Gasteiger partial charge < -0.3 is 11.5 Å². The number of nitrogens with two attached hydrogens (primary N) is 2. The van der Waals surface area contributed by atoms with E-state index < -0.39 is 0 Å². The van der Waals surface area contributed by atoms with Crippen molar-refractivity contribution in [2.75, 3.05) is 6.54 Å². The summed E-state index contributed by atoms with van der Waals surface area (Å²) in [7, 11) is 0. The lowest BCUT2D eigenvalue weighted by atomic mass is 10.0. The second-order valence-electron chi connectivity index (χ2n) is 2.87. The van der Waals surface area contributed by atoms with Crippen LogP contribution in [0.1, 0.15) is 17.5 Å². The third kappa shape index (κ3) is 2.32. The molecule has 0 radical (unpaired) electrons. The number of aryl methyl sites for hydroxylation is 1. The lowest BCUT2D eigenvalue weighted by Crippen LogP contribution is -2.04. The van der Waals surface area contributed by atoms with Crippen molar-refractivity contribution < 1.29 is 0 Å². The summed E-state index contributed by atoms with van der Waals surface area (Å²) in [4.78, 5) is 0. The highest BCUT2D eigenvalue weighted by atomic mass is 14.5. The molecule has 0 atom stereocenters. The third-order valence-electron chi connectivity index (χ3n) is 1.99. The fraction of sp³-hybridized carbons (Fsp3) is 0.400. The second kappa shape index (κ2) is 4.91. The molecule has 0 aromatic heterocycles. The van der Waals surface area contributed by atoms with Gasteiger partial charge in [0.2, 0.25) is 0 Å². The monoisotopic (exact) mass is 164 g/mol. The Morgan fingerprint density at radius 2 is 1.67 bits per heavy atom. The lowest BCUT2D eigenvalue weighted by Gasteiger charge is -2.05. The molecule has 66 valence electrons. The van der Waals surface area contributed by atoms with Crippen molar-refractivity contribution in [1.29, 1.82) is 0 Å². The Morgan fingerprint density at radius 3 is 2.25 bits per heavy atom. The van der Waals surface area contributed by atoms with Gasteiger partial charge in [0.05, 0.1) is 0 Å². The maximum Gasteiger partial charge on any atom is 0.0180 e. The summed E-state index contributed by atoms with van der Waals surface area (Å²) in [6, 6.07) is 8.27. The Kier molecular flexibility index (Phi) is 3.77. The number of rotatable bonds is 4. The summed E-state index contributed by atoms with van der Waals surface area (Å²) in [6.45, 7) is 1.37. The van der Waals surface area contributed by atoms with Crippen LogP contribution in [0.4, 0.5) is 0 Å². The maximum absolute atomic E-state index is 5.59. The first-order chi connectivity index (χ1) is 5.88. The average molecular weight is 164 g/mol. The smallest absolute Gasteiger partial charge is 0.0180 e. The molecule has 0 saturated carbocycles. The second-order valence-corrected chi connectivity index (χ2v) is 2.87. The molecular weight excluding hydrogens is 148 g/mol. The highest BCUT2D eigenvalue weighted by Crippen LogP contribution is 2.09. The molecule has 1 rings (SSSR count). The van der Waals surface area contributed by atoms with E-state index in [1.54, 1.807) is 0 Å². The molecule has 0 spiro atoms. The fourth-order valence-electron chi connectivity index (χ4n) is 1.29. The van der Waals surface area contributed by atoms with Gasteiger partial charge in [0.1, 0.15) is 0 Å². The van der Waals surface area contributed by atoms with Gasteiger partial charge in [-0.15, -0.1) is 0 Å². The topological polar surface area (TPSA) is 52.0 Å². The summed E-state index contributed by atoms with van der Waals surface area (Å²) in [5.41, 5.74) is 13.6. The van der Waals surface area contributed by atoms with Crippen LogP contribution in [0.15, 0.2) is 24.3 Å². The standard InChI is InChI=1S/C10H16N2/c11-7-3-6-9-4-1-2-5-10(9)8-12/h1-2,4-5H,3,6-8,11-12H2. The van der Waals surface area contributed by atoms with E-state index in [1.165, 1.54) is 11.1 Å². The molecular formula is C10H16N2. The lowest BCUT2D eigenvalue weighted by molar-refractivity contribution is 0.820. The summed E-state index contributed by atoms with van der Waals surface area (Å²) in [5.74, 6) is 0. The predicted octanol–water partition coefficient (Wildman–Crippen LogP) is 1.04. The van der Waals surface area contributed by atoms with Gasteiger partial charge in [-0.3, -0.25) is 0 Å². The van der Waals surface area contributed by atoms with Crippen LogP contribution in [0, 0.1) is 0 Å². The zero-order valence-electron chi connectivity index (χ0n) is 7.29. The zero-order valence-corrected chi connectivity index (χ0v) is 7.29. The first kappa shape index (κ1) is 9.23. The first-order valence-electron chi connectivity index (χ1n) is 4.35. The highest BCUT2D eigenvalue weighted by molar-refractivity contribution is 5.26. The van der Waals surface area contributed by atoms with Crippen molar-refractivity contribution in [2.45, 2.75) is 19.4 Å². The number of benzene rings is 1. The third-order valence-corrected chi connectivity index (χ3v) is 1.99. The summed E-state index contributed by atoms with van der Waals surface area (Å²) in [6.07, 6.45) is 2.08. The van der Waals surface area contributed by atoms with Crippen LogP contribution in [-0.2, 0) is 13.0 Å². The van der Waals surface area contributed by atoms with E-state index in [2.05, 4.69) is 12.1 Å². The van der Waals surface area contributed by atoms with Crippen LogP contribution in [0.2, 0.25) is 0 Å². The van der Waals surface area contributed by atoms with Gasteiger partial charge in [-0.2, -0.15) is 0 Å². The fourth-order valence-corrected chi connectivity index (χ4v) is 1.29. The molecule has 2 nitrogen and oxygen atoms in total. The molecule has 0 aliphatic rings. The maximum atomic E-state index is 5.59. The highest BCUT2D eigenvalue weighted by Gasteiger charge is 1.97. The van der Waals surface area contributed by atoms with E-state index in [9.17, 15) is 0 Å². The summed E-state index contributed by atoms with van der Waals surface area (Å²) >= 11 is 0. The van der Waals surface area contributed by atoms with Gasteiger partial charge in [0, 0.05) is 6.54 Å². The van der Waals surface area contributed by atoms with Crippen molar-refractivity contribution in [3.05, 3.63) is 35.4 Å². The van der Waals surface area contributed by atoms with E-state index >= 15 is 0 Å². The van der Waals surface area contributed by atoms with Crippen molar-refractivity contribution in [3.8, 4) is 0 Å². The molecule has 2 heteroatoms. The van der Waals surface area contributed by atoms with E-state index in [4.69, 9.17) is 11.5 Å². The van der Waals surface area contributed by atoms with E-state index in [0.29, 0.717) is 6.54 Å². The average Bonchev–Trinajstić information content (AvgIpc) is 2.15. The Hall–Kier alpha value is -0.860. The SMILES string of the molecule is NCCCc1ccccc1CN. The van der Waals surface area contributed by atoms with Crippen LogP contribution < -0.4 is 11.5 Å². The van der Waals surface area contributed by atoms with Crippen LogP contribution >= 0.6 is 0 Å². The van der Waals surface area contributed by atoms with Crippen molar-refractivity contribution in [2.24, 2.45) is 11.5 Å². The zero-order chi connectivity index (χ0) is 8.81. The van der Waals surface area contributed by atoms with Gasteiger partial charge in [0.15, 0.2) is 0 Å². The molecule has 0 unspecified atom stereocenters. The molecule has 0 aliphatic heterocycles. The molecule has 0 aliphatic carbocycles. The van der Waals surface area contributed by atoms with Crippen molar-refractivity contribution >= 4 is 0 Å². The number of hydrogen-bond acceptors (Lipinski definition) is 2. The summed E-state index contributed by atoms with van der Waals surface area (Å²) in [5, 5.41) is 0. The Morgan fingerprint density at radius 1 is 1.00 bits per heavy atom. The van der Waals surface area contributed by atoms with Gasteiger partial charge in [-0.05, 0) is 30.5 Å². The molecule has 0 amide bonds. The molecule has 1 aromatic carbocycles. The minimum absolute atomic E-state index is 0.626. The minimum atomic E-state index is 0.626. The molecule has 0 heterocycles. The van der Waals surface area contributed by atoms with Crippen molar-refractivity contribution in [3.63, 3.8) is 0 Å². The van der Waals surface area contributed by atoms with Gasteiger partial charge in [-0.1, -0.05) is 24.3 Å². The Bertz CT molecular complexity index is 233. The molecule has 0 saturated heterocycles. The van der Waals surface area contributed by atoms with E-state index in [1.807, 2.05) is 12.1 Å². The van der Waals surface area contributed by atoms with Gasteiger partial charge >= 0.3 is 0 Å². The predicted molar refractivity (Wildman–Crippen MR) is 51.7 cm³/mol. The molecule has 4 N–H and O–H groups in total. The quantitative estimate of drug-likeness (QED) is 0.698. The van der Waals surface area contributed by atoms with E-state index in [-0.39, 0.29) is 0 Å². The van der Waals surface area contributed by atoms with Crippen LogP contribution in [-0.4, -0.2) is 6.54 Å². The normalized spacial score (nSPS) is 10.2. The van der Waals surface area contributed by atoms with Crippen molar-refractivity contribution in [1.82, 2.24) is 0 Å².